The molecule has 0 radical (unpaired) electrons. The van der Waals surface area contributed by atoms with Crippen LogP contribution in [-0.4, -0.2) is 12.5 Å². The van der Waals surface area contributed by atoms with Crippen LogP contribution in [-0.2, 0) is 4.79 Å². The molecule has 0 aliphatic heterocycles. The topological polar surface area (TPSA) is 45.7 Å². The van der Waals surface area contributed by atoms with Gasteiger partial charge in [-0.25, -0.2) is 22.0 Å². The molecule has 3 nitrogen and oxygen atoms in total. The second-order valence-electron chi connectivity index (χ2n) is 5.24. The number of hydrogen-bond donors (Lipinski definition) is 2. The number of rotatable bonds is 5. The quantitative estimate of drug-likeness (QED) is 0.467. The SMILES string of the molecule is C[C@H]([NH2+]CC(=O)Nc1c(F)c(F)c(F)c(F)c1F)c1ccccc1Cl. The fourth-order valence-electron chi connectivity index (χ4n) is 2.16. The first kappa shape index (κ1) is 19.1. The molecule has 0 fully saturated rings. The van der Waals surface area contributed by atoms with Gasteiger partial charge in [0.15, 0.2) is 29.8 Å². The van der Waals surface area contributed by atoms with E-state index in [4.69, 9.17) is 11.6 Å². The summed E-state index contributed by atoms with van der Waals surface area (Å²) in [6.07, 6.45) is 0. The molecule has 2 aromatic carbocycles. The average Bonchev–Trinajstić information content (AvgIpc) is 2.60. The summed E-state index contributed by atoms with van der Waals surface area (Å²) in [6, 6.07) is 6.62. The van der Waals surface area contributed by atoms with Crippen molar-refractivity contribution < 1.29 is 32.1 Å². The van der Waals surface area contributed by atoms with Crippen LogP contribution in [0.5, 0.6) is 0 Å². The maximum absolute atomic E-state index is 13.5. The molecule has 0 aliphatic carbocycles. The van der Waals surface area contributed by atoms with Crippen LogP contribution in [0, 0.1) is 29.1 Å². The van der Waals surface area contributed by atoms with Crippen LogP contribution in [0.1, 0.15) is 18.5 Å². The first-order valence-corrected chi connectivity index (χ1v) is 7.50. The molecule has 134 valence electrons. The van der Waals surface area contributed by atoms with E-state index < -0.39 is 40.7 Å². The summed E-state index contributed by atoms with van der Waals surface area (Å²) in [4.78, 5) is 11.8. The summed E-state index contributed by atoms with van der Waals surface area (Å²) < 4.78 is 66.2. The predicted octanol–water partition coefficient (Wildman–Crippen LogP) is 3.30. The summed E-state index contributed by atoms with van der Waals surface area (Å²) in [6.45, 7) is 1.43. The van der Waals surface area contributed by atoms with Gasteiger partial charge in [0.1, 0.15) is 11.7 Å². The first-order valence-electron chi connectivity index (χ1n) is 7.13. The first-order chi connectivity index (χ1) is 11.7. The summed E-state index contributed by atoms with van der Waals surface area (Å²) in [5, 5.41) is 3.69. The molecule has 0 heterocycles. The Morgan fingerprint density at radius 3 is 2.12 bits per heavy atom. The van der Waals surface area contributed by atoms with Crippen molar-refractivity contribution in [2.24, 2.45) is 0 Å². The zero-order chi connectivity index (χ0) is 18.7. The molecule has 0 saturated heterocycles. The zero-order valence-corrected chi connectivity index (χ0v) is 13.6. The van der Waals surface area contributed by atoms with Gasteiger partial charge in [0.25, 0.3) is 5.91 Å². The van der Waals surface area contributed by atoms with Gasteiger partial charge in [-0.05, 0) is 13.0 Å². The Kier molecular flexibility index (Phi) is 5.97. The van der Waals surface area contributed by atoms with E-state index in [2.05, 4.69) is 0 Å². The monoisotopic (exact) mass is 379 g/mol. The van der Waals surface area contributed by atoms with Crippen molar-refractivity contribution >= 4 is 23.2 Å². The standard InChI is InChI=1S/C16H12ClF5N2O/c1-7(8-4-2-3-5-9(8)17)23-6-10(25)24-16-14(21)12(19)11(18)13(20)15(16)22/h2-5,7,23H,6H2,1H3,(H,24,25)/p+1/t7-/m0/s1. The molecule has 25 heavy (non-hydrogen) atoms. The maximum atomic E-state index is 13.5. The van der Waals surface area contributed by atoms with Gasteiger partial charge in [-0.2, -0.15) is 0 Å². The fraction of sp³-hybridized carbons (Fsp3) is 0.188. The third kappa shape index (κ3) is 4.08. The molecule has 2 aromatic rings. The molecule has 0 spiro atoms. The lowest BCUT2D eigenvalue weighted by atomic mass is 10.1. The van der Waals surface area contributed by atoms with E-state index in [9.17, 15) is 26.7 Å². The number of halogens is 6. The Morgan fingerprint density at radius 2 is 1.56 bits per heavy atom. The molecule has 3 N–H and O–H groups in total. The fourth-order valence-corrected chi connectivity index (χ4v) is 2.47. The minimum absolute atomic E-state index is 0.268. The second kappa shape index (κ2) is 7.79. The van der Waals surface area contributed by atoms with Crippen molar-refractivity contribution in [3.05, 3.63) is 63.9 Å². The minimum atomic E-state index is -2.29. The van der Waals surface area contributed by atoms with Gasteiger partial charge in [0.2, 0.25) is 5.82 Å². The summed E-state index contributed by atoms with van der Waals surface area (Å²) in [5.41, 5.74) is -0.645. The van der Waals surface area contributed by atoms with Gasteiger partial charge < -0.3 is 10.6 Å². The lowest BCUT2D eigenvalue weighted by molar-refractivity contribution is -0.682. The van der Waals surface area contributed by atoms with Gasteiger partial charge >= 0.3 is 0 Å². The molecular weight excluding hydrogens is 367 g/mol. The van der Waals surface area contributed by atoms with Gasteiger partial charge in [-0.3, -0.25) is 4.79 Å². The van der Waals surface area contributed by atoms with Crippen LogP contribution >= 0.6 is 11.6 Å². The van der Waals surface area contributed by atoms with Crippen LogP contribution in [0.3, 0.4) is 0 Å². The van der Waals surface area contributed by atoms with Gasteiger partial charge in [-0.1, -0.05) is 29.8 Å². The van der Waals surface area contributed by atoms with Crippen LogP contribution in [0.4, 0.5) is 27.6 Å². The van der Waals surface area contributed by atoms with E-state index in [1.807, 2.05) is 0 Å². The molecule has 1 amide bonds. The number of nitrogens with one attached hydrogen (secondary N) is 1. The van der Waals surface area contributed by atoms with Gasteiger partial charge in [0.05, 0.1) is 0 Å². The van der Waals surface area contributed by atoms with Crippen molar-refractivity contribution in [3.8, 4) is 0 Å². The molecule has 2 rings (SSSR count). The zero-order valence-electron chi connectivity index (χ0n) is 12.8. The number of amides is 1. The maximum Gasteiger partial charge on any atom is 0.279 e. The third-order valence-electron chi connectivity index (χ3n) is 3.53. The second-order valence-corrected chi connectivity index (χ2v) is 5.65. The van der Waals surface area contributed by atoms with E-state index in [0.29, 0.717) is 5.02 Å². The minimum Gasteiger partial charge on any atom is -0.332 e. The Balaban J connectivity index is 2.08. The van der Waals surface area contributed by atoms with E-state index >= 15 is 0 Å². The van der Waals surface area contributed by atoms with Crippen molar-refractivity contribution in [3.63, 3.8) is 0 Å². The smallest absolute Gasteiger partial charge is 0.279 e. The lowest BCUT2D eigenvalue weighted by Crippen LogP contribution is -2.86. The van der Waals surface area contributed by atoms with Crippen molar-refractivity contribution in [2.45, 2.75) is 13.0 Å². The molecule has 9 heteroatoms. The van der Waals surface area contributed by atoms with Gasteiger partial charge in [-0.15, -0.1) is 0 Å². The average molecular weight is 380 g/mol. The number of anilines is 1. The highest BCUT2D eigenvalue weighted by Gasteiger charge is 2.27. The van der Waals surface area contributed by atoms with Crippen LogP contribution in [0.25, 0.3) is 0 Å². The predicted molar refractivity (Wildman–Crippen MR) is 81.5 cm³/mol. The van der Waals surface area contributed by atoms with E-state index in [-0.39, 0.29) is 12.6 Å². The highest BCUT2D eigenvalue weighted by molar-refractivity contribution is 6.31. The van der Waals surface area contributed by atoms with Crippen LogP contribution < -0.4 is 10.6 Å². The molecular formula is C16H13ClF5N2O+. The number of hydrogen-bond acceptors (Lipinski definition) is 1. The van der Waals surface area contributed by atoms with Crippen LogP contribution in [0.15, 0.2) is 24.3 Å². The molecule has 0 unspecified atom stereocenters. The number of carbonyl (C=O) groups excluding carboxylic acids is 1. The molecule has 1 atom stereocenters. The van der Waals surface area contributed by atoms with Crippen molar-refractivity contribution in [1.82, 2.24) is 0 Å². The molecule has 0 aliphatic rings. The van der Waals surface area contributed by atoms with Crippen LogP contribution in [0.2, 0.25) is 5.02 Å². The summed E-state index contributed by atoms with van der Waals surface area (Å²) in [7, 11) is 0. The number of nitrogens with two attached hydrogens (primary N) is 1. The Bertz CT molecular complexity index is 786. The van der Waals surface area contributed by atoms with E-state index in [1.54, 1.807) is 36.5 Å². The normalized spacial score (nSPS) is 12.1. The molecule has 0 bridgehead atoms. The number of benzene rings is 2. The van der Waals surface area contributed by atoms with Crippen molar-refractivity contribution in [2.75, 3.05) is 11.9 Å². The highest BCUT2D eigenvalue weighted by atomic mass is 35.5. The number of carbonyl (C=O) groups is 1. The Morgan fingerprint density at radius 1 is 1.04 bits per heavy atom. The number of quaternary nitrogens is 1. The largest absolute Gasteiger partial charge is 0.332 e. The Hall–Kier alpha value is -2.19. The highest BCUT2D eigenvalue weighted by Crippen LogP contribution is 2.27. The van der Waals surface area contributed by atoms with Crippen molar-refractivity contribution in [1.29, 1.82) is 0 Å². The van der Waals surface area contributed by atoms with Gasteiger partial charge in [0, 0.05) is 10.6 Å². The summed E-state index contributed by atoms with van der Waals surface area (Å²) in [5.74, 6) is -11.6. The Labute approximate surface area is 144 Å². The third-order valence-corrected chi connectivity index (χ3v) is 3.87. The van der Waals surface area contributed by atoms with E-state index in [1.165, 1.54) is 5.32 Å². The summed E-state index contributed by atoms with van der Waals surface area (Å²) >= 11 is 6.02. The van der Waals surface area contributed by atoms with E-state index in [0.717, 1.165) is 5.56 Å². The molecule has 0 saturated carbocycles. The molecule has 0 aromatic heterocycles. The lowest BCUT2D eigenvalue weighted by Gasteiger charge is -2.13.